The average Bonchev–Trinajstić information content (AvgIpc) is 2.50. The number of alkyl halides is 1. The molecular formula is C18H37Cl2ISi. The Bertz CT molecular complexity index is 204. The molecule has 22 heavy (non-hydrogen) atoms. The maximum absolute atomic E-state index is 5.85. The third kappa shape index (κ3) is 21.5. The lowest BCUT2D eigenvalue weighted by Crippen LogP contribution is -1.91. The molecule has 0 aromatic rings. The number of unbranched alkanes of at least 4 members (excludes halogenated alkanes) is 15. The number of rotatable bonds is 18. The van der Waals surface area contributed by atoms with E-state index in [1.807, 2.05) is 0 Å². The predicted molar refractivity (Wildman–Crippen MR) is 116 cm³/mol. The summed E-state index contributed by atoms with van der Waals surface area (Å²) in [6.07, 6.45) is 22.8. The average molecular weight is 479 g/mol. The fraction of sp³-hybridized carbons (Fsp3) is 1.00. The maximum atomic E-state index is 5.85. The first kappa shape index (κ1) is 23.5. The van der Waals surface area contributed by atoms with Crippen molar-refractivity contribution in [2.24, 2.45) is 0 Å². The van der Waals surface area contributed by atoms with Gasteiger partial charge in [-0.3, -0.25) is 0 Å². The van der Waals surface area contributed by atoms with Gasteiger partial charge >= 0.3 is 0 Å². The van der Waals surface area contributed by atoms with Crippen molar-refractivity contribution in [2.45, 2.75) is 109 Å². The van der Waals surface area contributed by atoms with Crippen LogP contribution in [0.25, 0.3) is 0 Å². The van der Waals surface area contributed by atoms with Crippen LogP contribution in [0.3, 0.4) is 0 Å². The molecule has 0 N–H and O–H groups in total. The lowest BCUT2D eigenvalue weighted by atomic mass is 10.0. The summed E-state index contributed by atoms with van der Waals surface area (Å²) in [5, 5.41) is 0. The molecule has 0 heterocycles. The SMILES string of the molecule is Cl[SiH](Cl)CCCCCCCCCCCCCCCCCCI. The smallest absolute Gasteiger partial charge is 0.150 e. The minimum absolute atomic E-state index is 1.10. The molecule has 4 heteroatoms. The minimum Gasteiger partial charge on any atom is -0.150 e. The summed E-state index contributed by atoms with van der Waals surface area (Å²) >= 11 is 14.2. The molecule has 0 nitrogen and oxygen atoms in total. The molecule has 0 radical (unpaired) electrons. The van der Waals surface area contributed by atoms with E-state index >= 15 is 0 Å². The quantitative estimate of drug-likeness (QED) is 0.0609. The lowest BCUT2D eigenvalue weighted by Gasteiger charge is -2.03. The van der Waals surface area contributed by atoms with Crippen LogP contribution in [0.4, 0.5) is 0 Å². The normalized spacial score (nSPS) is 11.5. The third-order valence-corrected chi connectivity index (χ3v) is 7.22. The van der Waals surface area contributed by atoms with Crippen molar-refractivity contribution in [1.82, 2.24) is 0 Å². The molecule has 0 aromatic heterocycles. The van der Waals surface area contributed by atoms with Gasteiger partial charge in [-0.25, -0.2) is 0 Å². The van der Waals surface area contributed by atoms with Gasteiger partial charge in [-0.05, 0) is 16.9 Å². The van der Waals surface area contributed by atoms with Gasteiger partial charge in [-0.2, -0.15) is 22.2 Å². The summed E-state index contributed by atoms with van der Waals surface area (Å²) < 4.78 is 1.33. The van der Waals surface area contributed by atoms with Gasteiger partial charge in [-0.1, -0.05) is 119 Å². The Balaban J connectivity index is 2.94. The zero-order valence-corrected chi connectivity index (χ0v) is 19.3. The maximum Gasteiger partial charge on any atom is 0.237 e. The molecule has 0 atom stereocenters. The molecule has 0 saturated heterocycles. The standard InChI is InChI=1S/C18H37Cl2ISi/c19-22(20)18-16-14-12-10-8-6-4-2-1-3-5-7-9-11-13-15-17-21/h22H,1-18H2. The van der Waals surface area contributed by atoms with Crippen LogP contribution in [0.2, 0.25) is 6.04 Å². The van der Waals surface area contributed by atoms with Crippen LogP contribution >= 0.6 is 44.7 Å². The highest BCUT2D eigenvalue weighted by Gasteiger charge is 2.00. The van der Waals surface area contributed by atoms with Crippen molar-refractivity contribution in [3.8, 4) is 0 Å². The summed E-state index contributed by atoms with van der Waals surface area (Å²) in [5.41, 5.74) is 0. The Morgan fingerprint density at radius 1 is 0.455 bits per heavy atom. The molecule has 0 unspecified atom stereocenters. The molecule has 0 aliphatic rings. The molecule has 0 aliphatic carbocycles. The first-order chi connectivity index (χ1) is 10.8. The molecule has 0 amide bonds. The number of hydrogen-bond acceptors (Lipinski definition) is 0. The Morgan fingerprint density at radius 3 is 1.00 bits per heavy atom. The molecular weight excluding hydrogens is 442 g/mol. The summed E-state index contributed by atoms with van der Waals surface area (Å²) in [5.74, 6) is 0. The molecule has 0 spiro atoms. The predicted octanol–water partition coefficient (Wildman–Crippen LogP) is 8.36. The van der Waals surface area contributed by atoms with E-state index in [4.69, 9.17) is 22.2 Å². The fourth-order valence-corrected chi connectivity index (χ4v) is 4.93. The van der Waals surface area contributed by atoms with Crippen molar-refractivity contribution in [3.05, 3.63) is 0 Å². The number of hydrogen-bond donors (Lipinski definition) is 0. The second kappa shape index (κ2) is 20.6. The molecule has 0 saturated carbocycles. The molecule has 0 aromatic carbocycles. The van der Waals surface area contributed by atoms with Gasteiger partial charge in [0.05, 0.1) is 0 Å². The first-order valence-electron chi connectivity index (χ1n) is 9.61. The Labute approximate surface area is 164 Å². The second-order valence-corrected chi connectivity index (χ2v) is 12.8. The van der Waals surface area contributed by atoms with Gasteiger partial charge in [0.2, 0.25) is 7.42 Å². The van der Waals surface area contributed by atoms with Crippen LogP contribution in [-0.4, -0.2) is 11.8 Å². The highest BCUT2D eigenvalue weighted by atomic mass is 127. The summed E-state index contributed by atoms with van der Waals surface area (Å²) in [7, 11) is -1.32. The van der Waals surface area contributed by atoms with Crippen molar-refractivity contribution in [3.63, 3.8) is 0 Å². The van der Waals surface area contributed by atoms with E-state index in [9.17, 15) is 0 Å². The summed E-state index contributed by atoms with van der Waals surface area (Å²) in [6, 6.07) is 1.10. The van der Waals surface area contributed by atoms with Crippen molar-refractivity contribution in [2.75, 3.05) is 4.43 Å². The van der Waals surface area contributed by atoms with Gasteiger partial charge in [0, 0.05) is 0 Å². The van der Waals surface area contributed by atoms with Crippen LogP contribution in [-0.2, 0) is 0 Å². The number of halogens is 3. The molecule has 0 aliphatic heterocycles. The van der Waals surface area contributed by atoms with Crippen molar-refractivity contribution in [1.29, 1.82) is 0 Å². The topological polar surface area (TPSA) is 0 Å². The van der Waals surface area contributed by atoms with E-state index in [1.54, 1.807) is 0 Å². The van der Waals surface area contributed by atoms with Crippen molar-refractivity contribution >= 4 is 52.2 Å². The largest absolute Gasteiger partial charge is 0.237 e. The van der Waals surface area contributed by atoms with E-state index in [0.29, 0.717) is 0 Å². The van der Waals surface area contributed by atoms with Crippen molar-refractivity contribution < 1.29 is 0 Å². The van der Waals surface area contributed by atoms with Gasteiger partial charge in [0.15, 0.2) is 0 Å². The zero-order chi connectivity index (χ0) is 16.3. The van der Waals surface area contributed by atoms with Crippen LogP contribution in [0.5, 0.6) is 0 Å². The first-order valence-corrected chi connectivity index (χ1v) is 15.4. The summed E-state index contributed by atoms with van der Waals surface area (Å²) in [4.78, 5) is 0. The van der Waals surface area contributed by atoms with Crippen LogP contribution in [0, 0.1) is 0 Å². The second-order valence-electron chi connectivity index (χ2n) is 6.53. The highest BCUT2D eigenvalue weighted by molar-refractivity contribution is 14.1. The molecule has 0 rings (SSSR count). The van der Waals surface area contributed by atoms with E-state index in [-0.39, 0.29) is 0 Å². The monoisotopic (exact) mass is 478 g/mol. The molecule has 134 valence electrons. The van der Waals surface area contributed by atoms with Gasteiger partial charge < -0.3 is 0 Å². The van der Waals surface area contributed by atoms with Gasteiger partial charge in [0.25, 0.3) is 0 Å². The van der Waals surface area contributed by atoms with E-state index < -0.39 is 7.42 Å². The summed E-state index contributed by atoms with van der Waals surface area (Å²) in [6.45, 7) is 0. The third-order valence-electron chi connectivity index (χ3n) is 4.31. The van der Waals surface area contributed by atoms with Crippen LogP contribution < -0.4 is 0 Å². The van der Waals surface area contributed by atoms with Gasteiger partial charge in [-0.15, -0.1) is 0 Å². The minimum atomic E-state index is -1.32. The van der Waals surface area contributed by atoms with E-state index in [1.165, 1.54) is 107 Å². The highest BCUT2D eigenvalue weighted by Crippen LogP contribution is 2.15. The van der Waals surface area contributed by atoms with E-state index in [2.05, 4.69) is 22.6 Å². The molecule has 0 bridgehead atoms. The fourth-order valence-electron chi connectivity index (χ4n) is 2.87. The lowest BCUT2D eigenvalue weighted by molar-refractivity contribution is 0.532. The zero-order valence-electron chi connectivity index (χ0n) is 14.4. The van der Waals surface area contributed by atoms with E-state index in [0.717, 1.165) is 6.04 Å². The molecule has 0 fully saturated rings. The van der Waals surface area contributed by atoms with Crippen LogP contribution in [0.15, 0.2) is 0 Å². The Kier molecular flexibility index (Phi) is 22.0. The Morgan fingerprint density at radius 2 is 0.727 bits per heavy atom. The van der Waals surface area contributed by atoms with Gasteiger partial charge in [0.1, 0.15) is 0 Å². The van der Waals surface area contributed by atoms with Crippen LogP contribution in [0.1, 0.15) is 103 Å². The Hall–Kier alpha value is 1.53.